The summed E-state index contributed by atoms with van der Waals surface area (Å²) >= 11 is 0. The zero-order valence-electron chi connectivity index (χ0n) is 12.5. The summed E-state index contributed by atoms with van der Waals surface area (Å²) < 4.78 is 76.2. The minimum Gasteiger partial charge on any atom is -0.352 e. The van der Waals surface area contributed by atoms with Gasteiger partial charge in [-0.25, -0.2) is 0 Å². The molecular formula is C15H12F6N2O2. The summed E-state index contributed by atoms with van der Waals surface area (Å²) in [6, 6.07) is 0.538. The van der Waals surface area contributed by atoms with Crippen molar-refractivity contribution in [1.82, 2.24) is 10.6 Å². The lowest BCUT2D eigenvalue weighted by molar-refractivity contribution is -0.143. The number of halogens is 6. The minimum absolute atomic E-state index is 0.0463. The molecule has 0 aliphatic heterocycles. The maximum absolute atomic E-state index is 12.7. The van der Waals surface area contributed by atoms with E-state index in [4.69, 9.17) is 6.42 Å². The van der Waals surface area contributed by atoms with Crippen molar-refractivity contribution in [2.75, 3.05) is 13.1 Å². The van der Waals surface area contributed by atoms with Crippen molar-refractivity contribution in [1.29, 1.82) is 0 Å². The van der Waals surface area contributed by atoms with Gasteiger partial charge < -0.3 is 10.6 Å². The number of carbonyl (C=O) groups excluding carboxylic acids is 2. The molecule has 0 aromatic heterocycles. The highest BCUT2D eigenvalue weighted by Crippen LogP contribution is 2.36. The van der Waals surface area contributed by atoms with Gasteiger partial charge in [-0.1, -0.05) is 5.92 Å². The van der Waals surface area contributed by atoms with E-state index in [1.807, 2.05) is 0 Å². The fourth-order valence-electron chi connectivity index (χ4n) is 1.72. The molecule has 2 N–H and O–H groups in total. The smallest absolute Gasteiger partial charge is 0.352 e. The lowest BCUT2D eigenvalue weighted by Crippen LogP contribution is -2.31. The van der Waals surface area contributed by atoms with Gasteiger partial charge in [-0.05, 0) is 18.2 Å². The first-order valence-corrected chi connectivity index (χ1v) is 6.73. The molecule has 0 aliphatic carbocycles. The van der Waals surface area contributed by atoms with E-state index in [9.17, 15) is 35.9 Å². The van der Waals surface area contributed by atoms with Gasteiger partial charge in [0, 0.05) is 18.5 Å². The maximum atomic E-state index is 12.7. The van der Waals surface area contributed by atoms with Crippen molar-refractivity contribution in [2.45, 2.75) is 18.8 Å². The zero-order chi connectivity index (χ0) is 19.3. The zero-order valence-corrected chi connectivity index (χ0v) is 12.5. The second-order valence-corrected chi connectivity index (χ2v) is 4.78. The SMILES string of the molecule is C#CCNC(=O)CCNC(=O)c1cc(C(F)(F)F)cc(C(F)(F)F)c1. The third-order valence-corrected chi connectivity index (χ3v) is 2.88. The number of amides is 2. The van der Waals surface area contributed by atoms with Gasteiger partial charge in [0.15, 0.2) is 0 Å². The Morgan fingerprint density at radius 1 is 0.960 bits per heavy atom. The van der Waals surface area contributed by atoms with E-state index in [0.29, 0.717) is 12.1 Å². The van der Waals surface area contributed by atoms with Crippen LogP contribution < -0.4 is 10.6 Å². The second kappa shape index (κ2) is 7.92. The number of alkyl halides is 6. The van der Waals surface area contributed by atoms with Gasteiger partial charge in [0.2, 0.25) is 5.91 Å². The van der Waals surface area contributed by atoms with Crippen LogP contribution in [0.1, 0.15) is 27.9 Å². The van der Waals surface area contributed by atoms with Crippen molar-refractivity contribution >= 4 is 11.8 Å². The molecule has 0 unspecified atom stereocenters. The van der Waals surface area contributed by atoms with E-state index >= 15 is 0 Å². The molecule has 1 rings (SSSR count). The Morgan fingerprint density at radius 3 is 1.92 bits per heavy atom. The fourth-order valence-corrected chi connectivity index (χ4v) is 1.72. The van der Waals surface area contributed by atoms with Crippen molar-refractivity contribution < 1.29 is 35.9 Å². The van der Waals surface area contributed by atoms with Gasteiger partial charge in [0.25, 0.3) is 5.91 Å². The molecule has 1 aromatic carbocycles. The molecule has 2 amide bonds. The summed E-state index contributed by atoms with van der Waals surface area (Å²) in [5, 5.41) is 4.36. The highest BCUT2D eigenvalue weighted by molar-refractivity contribution is 5.95. The molecule has 0 bridgehead atoms. The van der Waals surface area contributed by atoms with Crippen LogP contribution in [0.5, 0.6) is 0 Å². The third-order valence-electron chi connectivity index (χ3n) is 2.88. The Balaban J connectivity index is 2.91. The first-order valence-electron chi connectivity index (χ1n) is 6.73. The Labute approximate surface area is 138 Å². The Bertz CT molecular complexity index is 656. The average molecular weight is 366 g/mol. The summed E-state index contributed by atoms with van der Waals surface area (Å²) in [4.78, 5) is 23.0. The van der Waals surface area contributed by atoms with E-state index in [2.05, 4.69) is 16.6 Å². The van der Waals surface area contributed by atoms with Crippen LogP contribution in [0.3, 0.4) is 0 Å². The average Bonchev–Trinajstić information content (AvgIpc) is 2.50. The van der Waals surface area contributed by atoms with Crippen LogP contribution >= 0.6 is 0 Å². The topological polar surface area (TPSA) is 58.2 Å². The number of carbonyl (C=O) groups is 2. The number of benzene rings is 1. The number of terminal acetylenes is 1. The highest BCUT2D eigenvalue weighted by atomic mass is 19.4. The van der Waals surface area contributed by atoms with Crippen molar-refractivity contribution in [3.8, 4) is 12.3 Å². The highest BCUT2D eigenvalue weighted by Gasteiger charge is 2.37. The van der Waals surface area contributed by atoms with Gasteiger partial charge in [0.1, 0.15) is 0 Å². The number of hydrogen-bond donors (Lipinski definition) is 2. The van der Waals surface area contributed by atoms with Crippen molar-refractivity contribution in [2.24, 2.45) is 0 Å². The monoisotopic (exact) mass is 366 g/mol. The summed E-state index contributed by atoms with van der Waals surface area (Å²) in [5.74, 6) is 0.437. The number of nitrogens with one attached hydrogen (secondary N) is 2. The molecule has 0 spiro atoms. The number of rotatable bonds is 5. The molecule has 0 atom stereocenters. The summed E-state index contributed by atoms with van der Waals surface area (Å²) in [6.45, 7) is -0.331. The van der Waals surface area contributed by atoms with Crippen LogP contribution in [0.25, 0.3) is 0 Å². The minimum atomic E-state index is -5.05. The summed E-state index contributed by atoms with van der Waals surface area (Å²) in [5.41, 5.74) is -4.01. The molecule has 0 heterocycles. The summed E-state index contributed by atoms with van der Waals surface area (Å²) in [6.07, 6.45) is -5.43. The number of hydrogen-bond acceptors (Lipinski definition) is 2. The summed E-state index contributed by atoms with van der Waals surface area (Å²) in [7, 11) is 0. The van der Waals surface area contributed by atoms with Crippen LogP contribution in [0.2, 0.25) is 0 Å². The molecule has 0 radical (unpaired) electrons. The molecule has 0 aliphatic rings. The predicted molar refractivity (Wildman–Crippen MR) is 75.2 cm³/mol. The van der Waals surface area contributed by atoms with Crippen LogP contribution in [-0.4, -0.2) is 24.9 Å². The van der Waals surface area contributed by atoms with Crippen molar-refractivity contribution in [3.05, 3.63) is 34.9 Å². The standard InChI is InChI=1S/C15H12F6N2O2/c1-2-4-22-12(24)3-5-23-13(25)9-6-10(14(16,17)18)8-11(7-9)15(19,20)21/h1,6-8H,3-5H2,(H,22,24)(H,23,25). The van der Waals surface area contributed by atoms with E-state index in [-0.39, 0.29) is 25.6 Å². The second-order valence-electron chi connectivity index (χ2n) is 4.78. The molecule has 0 saturated heterocycles. The Hall–Kier alpha value is -2.70. The maximum Gasteiger partial charge on any atom is 0.416 e. The van der Waals surface area contributed by atoms with Gasteiger partial charge >= 0.3 is 12.4 Å². The lowest BCUT2D eigenvalue weighted by Gasteiger charge is -2.14. The van der Waals surface area contributed by atoms with E-state index in [1.165, 1.54) is 0 Å². The van der Waals surface area contributed by atoms with Crippen LogP contribution in [0.15, 0.2) is 18.2 Å². The molecule has 1 aromatic rings. The Morgan fingerprint density at radius 2 is 1.48 bits per heavy atom. The van der Waals surface area contributed by atoms with Gasteiger partial charge in [-0.3, -0.25) is 9.59 Å². The molecule has 0 fully saturated rings. The van der Waals surface area contributed by atoms with Crippen LogP contribution in [0.4, 0.5) is 26.3 Å². The van der Waals surface area contributed by atoms with Crippen LogP contribution in [-0.2, 0) is 17.1 Å². The Kier molecular flexibility index (Phi) is 6.44. The predicted octanol–water partition coefficient (Wildman–Crippen LogP) is 2.59. The third kappa shape index (κ3) is 6.37. The van der Waals surface area contributed by atoms with E-state index < -0.39 is 40.9 Å². The molecule has 10 heteroatoms. The van der Waals surface area contributed by atoms with Crippen molar-refractivity contribution in [3.63, 3.8) is 0 Å². The lowest BCUT2D eigenvalue weighted by atomic mass is 10.0. The van der Waals surface area contributed by atoms with E-state index in [1.54, 1.807) is 0 Å². The quantitative estimate of drug-likeness (QED) is 0.622. The fraction of sp³-hybridized carbons (Fsp3) is 0.333. The van der Waals surface area contributed by atoms with E-state index in [0.717, 1.165) is 0 Å². The van der Waals surface area contributed by atoms with Gasteiger partial charge in [0.05, 0.1) is 17.7 Å². The molecule has 4 nitrogen and oxygen atoms in total. The molecular weight excluding hydrogens is 354 g/mol. The van der Waals surface area contributed by atoms with Crippen LogP contribution in [0, 0.1) is 12.3 Å². The normalized spacial score (nSPS) is 11.6. The first-order chi connectivity index (χ1) is 11.4. The van der Waals surface area contributed by atoms with Gasteiger partial charge in [-0.15, -0.1) is 6.42 Å². The van der Waals surface area contributed by atoms with Gasteiger partial charge in [-0.2, -0.15) is 26.3 Å². The molecule has 25 heavy (non-hydrogen) atoms. The molecule has 0 saturated carbocycles. The largest absolute Gasteiger partial charge is 0.416 e. The first kappa shape index (κ1) is 20.3. The molecule has 136 valence electrons.